The van der Waals surface area contributed by atoms with E-state index in [0.29, 0.717) is 5.69 Å². The van der Waals surface area contributed by atoms with Crippen LogP contribution in [-0.4, -0.2) is 35.0 Å². The number of nitrogens with one attached hydrogen (secondary N) is 2. The van der Waals surface area contributed by atoms with E-state index in [9.17, 15) is 9.59 Å². The number of carbonyl (C=O) groups excluding carboxylic acids is 1. The molecular formula is C19H20BrN5O3. The Hall–Kier alpha value is -3.07. The molecular weight excluding hydrogens is 426 g/mol. The standard InChI is InChI=1S/C19H20BrN5O3/c1-19(10-16(26)25(2)17(24-19)23-18(27)28)11-4-3-5-13(8-11)22-15-9-12(20)6-7-14(15)21/h3-9,22H,10,21H2,1-2H3,(H,23,24)(H,27,28)/t19-/m0/s1. The van der Waals surface area contributed by atoms with Gasteiger partial charge in [-0.05, 0) is 42.8 Å². The molecule has 1 heterocycles. The number of guanidine groups is 1. The Bertz CT molecular complexity index is 978. The molecule has 2 aromatic rings. The van der Waals surface area contributed by atoms with Gasteiger partial charge in [-0.1, -0.05) is 28.1 Å². The lowest BCUT2D eigenvalue weighted by Crippen LogP contribution is -2.58. The normalized spacial score (nSPS) is 20.8. The third kappa shape index (κ3) is 4.09. The smallest absolute Gasteiger partial charge is 0.434 e. The predicted octanol–water partition coefficient (Wildman–Crippen LogP) is 3.48. The minimum atomic E-state index is -1.37. The van der Waals surface area contributed by atoms with Gasteiger partial charge in [0.25, 0.3) is 0 Å². The van der Waals surface area contributed by atoms with Crippen LogP contribution < -0.4 is 16.4 Å². The molecule has 3 rings (SSSR count). The second-order valence-electron chi connectivity index (χ2n) is 6.74. The zero-order chi connectivity index (χ0) is 20.5. The number of benzene rings is 2. The van der Waals surface area contributed by atoms with E-state index in [1.165, 1.54) is 11.9 Å². The van der Waals surface area contributed by atoms with E-state index in [-0.39, 0.29) is 18.3 Å². The molecule has 0 unspecified atom stereocenters. The van der Waals surface area contributed by atoms with Gasteiger partial charge < -0.3 is 21.5 Å². The van der Waals surface area contributed by atoms with Crippen LogP contribution in [0, 0.1) is 0 Å². The highest BCUT2D eigenvalue weighted by Crippen LogP contribution is 2.32. The van der Waals surface area contributed by atoms with Crippen LogP contribution in [0.25, 0.3) is 0 Å². The van der Waals surface area contributed by atoms with Gasteiger partial charge in [-0.2, -0.15) is 0 Å². The van der Waals surface area contributed by atoms with E-state index in [0.717, 1.165) is 21.4 Å². The molecule has 0 radical (unpaired) electrons. The van der Waals surface area contributed by atoms with Crippen molar-refractivity contribution >= 4 is 51.0 Å². The molecule has 2 aromatic carbocycles. The van der Waals surface area contributed by atoms with E-state index in [1.54, 1.807) is 6.07 Å². The fraction of sp³-hybridized carbons (Fsp3) is 0.211. The van der Waals surface area contributed by atoms with E-state index in [4.69, 9.17) is 10.8 Å². The molecule has 9 heteroatoms. The Labute approximate surface area is 170 Å². The van der Waals surface area contributed by atoms with Gasteiger partial charge in [0.15, 0.2) is 0 Å². The molecule has 1 aliphatic rings. The molecule has 1 fully saturated rings. The summed E-state index contributed by atoms with van der Waals surface area (Å²) in [7, 11) is 1.49. The highest BCUT2D eigenvalue weighted by molar-refractivity contribution is 9.10. The number of carbonyl (C=O) groups is 2. The number of carboxylic acid groups (broad SMARTS) is 1. The first-order chi connectivity index (χ1) is 13.2. The molecule has 0 spiro atoms. The maximum absolute atomic E-state index is 12.4. The first-order valence-electron chi connectivity index (χ1n) is 8.47. The lowest BCUT2D eigenvalue weighted by atomic mass is 9.86. The number of halogens is 1. The molecule has 0 aliphatic carbocycles. The van der Waals surface area contributed by atoms with Crippen molar-refractivity contribution in [1.29, 1.82) is 0 Å². The van der Waals surface area contributed by atoms with Crippen molar-refractivity contribution in [2.24, 2.45) is 4.99 Å². The van der Waals surface area contributed by atoms with Crippen molar-refractivity contribution in [1.82, 2.24) is 10.2 Å². The highest BCUT2D eigenvalue weighted by Gasteiger charge is 2.38. The second kappa shape index (κ2) is 7.51. The summed E-state index contributed by atoms with van der Waals surface area (Å²) in [6.45, 7) is 1.84. The first-order valence-corrected chi connectivity index (χ1v) is 9.26. The summed E-state index contributed by atoms with van der Waals surface area (Å²) in [5.74, 6) is -0.225. The van der Waals surface area contributed by atoms with E-state index in [1.807, 2.05) is 43.3 Å². The van der Waals surface area contributed by atoms with Crippen LogP contribution in [0.5, 0.6) is 0 Å². The lowest BCUT2D eigenvalue weighted by molar-refractivity contribution is -0.129. The van der Waals surface area contributed by atoms with Gasteiger partial charge in [-0.15, -0.1) is 4.99 Å². The summed E-state index contributed by atoms with van der Waals surface area (Å²) in [5, 5.41) is 15.3. The molecule has 1 aliphatic heterocycles. The molecule has 28 heavy (non-hydrogen) atoms. The van der Waals surface area contributed by atoms with Gasteiger partial charge in [-0.3, -0.25) is 9.69 Å². The van der Waals surface area contributed by atoms with Crippen molar-refractivity contribution in [3.63, 3.8) is 0 Å². The molecule has 2 amide bonds. The van der Waals surface area contributed by atoms with E-state index in [2.05, 4.69) is 31.6 Å². The highest BCUT2D eigenvalue weighted by atomic mass is 79.9. The first kappa shape index (κ1) is 19.7. The van der Waals surface area contributed by atoms with Crippen molar-refractivity contribution in [2.45, 2.75) is 18.9 Å². The second-order valence-corrected chi connectivity index (χ2v) is 7.66. The van der Waals surface area contributed by atoms with Gasteiger partial charge in [0.2, 0.25) is 11.9 Å². The van der Waals surface area contributed by atoms with Gasteiger partial charge in [0.05, 0.1) is 23.3 Å². The van der Waals surface area contributed by atoms with Gasteiger partial charge in [-0.25, -0.2) is 4.79 Å². The summed E-state index contributed by atoms with van der Waals surface area (Å²) in [4.78, 5) is 28.1. The van der Waals surface area contributed by atoms with Crippen molar-refractivity contribution in [2.75, 3.05) is 18.1 Å². The van der Waals surface area contributed by atoms with Gasteiger partial charge in [0.1, 0.15) is 0 Å². The summed E-state index contributed by atoms with van der Waals surface area (Å²) in [5.41, 5.74) is 8.16. The Morgan fingerprint density at radius 3 is 2.82 bits per heavy atom. The number of anilines is 3. The third-order valence-corrected chi connectivity index (χ3v) is 5.07. The SMILES string of the molecule is CN1C(=O)C[C@@](C)(c2cccc(Nc3cc(Br)ccc3N)c2)N/C1=N\C(=O)O. The number of hydrogen-bond donors (Lipinski definition) is 4. The van der Waals surface area contributed by atoms with Gasteiger partial charge in [0, 0.05) is 17.2 Å². The summed E-state index contributed by atoms with van der Waals surface area (Å²) in [6.07, 6.45) is -1.21. The number of rotatable bonds is 3. The van der Waals surface area contributed by atoms with Crippen molar-refractivity contribution in [3.8, 4) is 0 Å². The Morgan fingerprint density at radius 2 is 2.11 bits per heavy atom. The number of hydrogen-bond acceptors (Lipinski definition) is 4. The maximum atomic E-state index is 12.4. The fourth-order valence-electron chi connectivity index (χ4n) is 3.01. The van der Waals surface area contributed by atoms with Gasteiger partial charge >= 0.3 is 6.09 Å². The van der Waals surface area contributed by atoms with Crippen LogP contribution >= 0.6 is 15.9 Å². The van der Waals surface area contributed by atoms with Crippen molar-refractivity contribution in [3.05, 3.63) is 52.5 Å². The van der Waals surface area contributed by atoms with Crippen LogP contribution in [-0.2, 0) is 10.3 Å². The number of aliphatic imine (C=N–C) groups is 1. The number of amides is 2. The predicted molar refractivity (Wildman–Crippen MR) is 112 cm³/mol. The monoisotopic (exact) mass is 445 g/mol. The zero-order valence-electron chi connectivity index (χ0n) is 15.4. The fourth-order valence-corrected chi connectivity index (χ4v) is 3.38. The molecule has 146 valence electrons. The lowest BCUT2D eigenvalue weighted by Gasteiger charge is -2.40. The molecule has 8 nitrogen and oxygen atoms in total. The molecule has 1 atom stereocenters. The Kier molecular flexibility index (Phi) is 5.28. The molecule has 0 bridgehead atoms. The maximum Gasteiger partial charge on any atom is 0.434 e. The van der Waals surface area contributed by atoms with Crippen molar-refractivity contribution < 1.29 is 14.7 Å². The number of nitrogens with zero attached hydrogens (tertiary/aromatic N) is 2. The number of nitrogen functional groups attached to an aromatic ring is 1. The minimum Gasteiger partial charge on any atom is -0.463 e. The largest absolute Gasteiger partial charge is 0.463 e. The molecule has 0 aromatic heterocycles. The van der Waals surface area contributed by atoms with E-state index >= 15 is 0 Å². The average Bonchev–Trinajstić information content (AvgIpc) is 2.62. The van der Waals surface area contributed by atoms with Crippen LogP contribution in [0.3, 0.4) is 0 Å². The van der Waals surface area contributed by atoms with Crippen LogP contribution in [0.1, 0.15) is 18.9 Å². The van der Waals surface area contributed by atoms with Crippen LogP contribution in [0.15, 0.2) is 51.9 Å². The summed E-state index contributed by atoms with van der Waals surface area (Å²) in [6, 6.07) is 13.0. The quantitative estimate of drug-likeness (QED) is 0.536. The molecule has 1 saturated heterocycles. The number of nitrogens with two attached hydrogens (primary N) is 1. The molecule has 5 N–H and O–H groups in total. The van der Waals surface area contributed by atoms with Crippen LogP contribution in [0.4, 0.5) is 21.9 Å². The average molecular weight is 446 g/mol. The summed E-state index contributed by atoms with van der Waals surface area (Å²) >= 11 is 3.42. The minimum absolute atomic E-state index is 0.000784. The Morgan fingerprint density at radius 1 is 1.36 bits per heavy atom. The van der Waals surface area contributed by atoms with E-state index < -0.39 is 11.6 Å². The summed E-state index contributed by atoms with van der Waals surface area (Å²) < 4.78 is 0.893. The Balaban J connectivity index is 1.93. The topological polar surface area (TPSA) is 120 Å². The van der Waals surface area contributed by atoms with Crippen LogP contribution in [0.2, 0.25) is 0 Å². The zero-order valence-corrected chi connectivity index (χ0v) is 16.9. The molecule has 0 saturated carbocycles. The third-order valence-electron chi connectivity index (χ3n) is 4.58.